The van der Waals surface area contributed by atoms with Gasteiger partial charge in [0.1, 0.15) is 0 Å². The number of aliphatic hydroxyl groups excluding tert-OH is 1. The van der Waals surface area contributed by atoms with Crippen molar-refractivity contribution in [2.24, 2.45) is 11.3 Å². The van der Waals surface area contributed by atoms with E-state index >= 15 is 0 Å². The number of aryl methyl sites for hydroxylation is 1. The molecule has 3 unspecified atom stereocenters. The summed E-state index contributed by atoms with van der Waals surface area (Å²) in [5.74, 6) is 0.699. The van der Waals surface area contributed by atoms with E-state index in [1.54, 1.807) is 0 Å². The molecule has 2 heteroatoms. The quantitative estimate of drug-likeness (QED) is 0.909. The summed E-state index contributed by atoms with van der Waals surface area (Å²) in [6.45, 7) is 10.1. The van der Waals surface area contributed by atoms with Crippen LogP contribution in [0.4, 0.5) is 0 Å². The van der Waals surface area contributed by atoms with Gasteiger partial charge in [0.25, 0.3) is 0 Å². The van der Waals surface area contributed by atoms with Crippen LogP contribution in [0.25, 0.3) is 0 Å². The van der Waals surface area contributed by atoms with Crippen LogP contribution in [0.5, 0.6) is 0 Å². The van der Waals surface area contributed by atoms with E-state index in [1.165, 1.54) is 11.1 Å². The largest absolute Gasteiger partial charge is 0.391 e. The lowest BCUT2D eigenvalue weighted by Crippen LogP contribution is -2.47. The third-order valence-corrected chi connectivity index (χ3v) is 5.25. The third kappa shape index (κ3) is 4.08. The van der Waals surface area contributed by atoms with Crippen LogP contribution in [0.2, 0.25) is 0 Å². The molecule has 1 aliphatic rings. The molecule has 1 saturated carbocycles. The number of rotatable bonds is 3. The highest BCUT2D eigenvalue weighted by Gasteiger charge is 2.36. The van der Waals surface area contributed by atoms with Crippen molar-refractivity contribution < 1.29 is 5.11 Å². The first-order valence-electron chi connectivity index (χ1n) is 8.22. The maximum atomic E-state index is 10.4. The molecule has 0 saturated heterocycles. The Labute approximate surface area is 130 Å². The monoisotopic (exact) mass is 289 g/mol. The minimum atomic E-state index is -0.183. The molecule has 0 aliphatic heterocycles. The molecular weight excluding hydrogens is 258 g/mol. The summed E-state index contributed by atoms with van der Waals surface area (Å²) in [5, 5.41) is 10.4. The van der Waals surface area contributed by atoms with E-state index in [9.17, 15) is 5.11 Å². The Morgan fingerprint density at radius 3 is 2.48 bits per heavy atom. The van der Waals surface area contributed by atoms with E-state index in [2.05, 4.69) is 63.9 Å². The Morgan fingerprint density at radius 1 is 1.19 bits per heavy atom. The Balaban J connectivity index is 2.06. The molecule has 1 aromatic carbocycles. The SMILES string of the molecule is Cc1ccccc1CN(C)C1CC(C(C)(C)C)CCC1O. The molecule has 1 aromatic rings. The van der Waals surface area contributed by atoms with E-state index in [4.69, 9.17) is 0 Å². The van der Waals surface area contributed by atoms with Gasteiger partial charge in [-0.25, -0.2) is 0 Å². The molecule has 21 heavy (non-hydrogen) atoms. The van der Waals surface area contributed by atoms with Gasteiger partial charge in [0.2, 0.25) is 0 Å². The Hall–Kier alpha value is -0.860. The predicted molar refractivity (Wildman–Crippen MR) is 89.2 cm³/mol. The lowest BCUT2D eigenvalue weighted by atomic mass is 9.70. The van der Waals surface area contributed by atoms with Crippen LogP contribution in [0.15, 0.2) is 24.3 Å². The van der Waals surface area contributed by atoms with Crippen molar-refractivity contribution in [1.29, 1.82) is 0 Å². The van der Waals surface area contributed by atoms with Crippen molar-refractivity contribution in [3.63, 3.8) is 0 Å². The molecule has 2 nitrogen and oxygen atoms in total. The van der Waals surface area contributed by atoms with Gasteiger partial charge >= 0.3 is 0 Å². The van der Waals surface area contributed by atoms with Gasteiger partial charge < -0.3 is 5.11 Å². The first-order chi connectivity index (χ1) is 9.79. The fraction of sp³-hybridized carbons (Fsp3) is 0.684. The number of benzene rings is 1. The van der Waals surface area contributed by atoms with Crippen molar-refractivity contribution in [2.45, 2.75) is 65.6 Å². The fourth-order valence-corrected chi connectivity index (χ4v) is 3.56. The maximum absolute atomic E-state index is 10.4. The van der Waals surface area contributed by atoms with Gasteiger partial charge in [-0.05, 0) is 55.7 Å². The first-order valence-corrected chi connectivity index (χ1v) is 8.22. The Morgan fingerprint density at radius 2 is 1.86 bits per heavy atom. The van der Waals surface area contributed by atoms with Gasteiger partial charge in [0.05, 0.1) is 6.10 Å². The summed E-state index contributed by atoms with van der Waals surface area (Å²) in [5.41, 5.74) is 3.04. The summed E-state index contributed by atoms with van der Waals surface area (Å²) in [6.07, 6.45) is 3.01. The smallest absolute Gasteiger partial charge is 0.0695 e. The molecule has 0 amide bonds. The van der Waals surface area contributed by atoms with Crippen LogP contribution in [0, 0.1) is 18.3 Å². The van der Waals surface area contributed by atoms with Crippen LogP contribution in [0.3, 0.4) is 0 Å². The van der Waals surface area contributed by atoms with Crippen LogP contribution >= 0.6 is 0 Å². The van der Waals surface area contributed by atoms with Crippen molar-refractivity contribution >= 4 is 0 Å². The van der Waals surface area contributed by atoms with Crippen LogP contribution in [0.1, 0.15) is 51.2 Å². The second-order valence-electron chi connectivity index (χ2n) is 7.85. The van der Waals surface area contributed by atoms with Gasteiger partial charge in [-0.1, -0.05) is 45.0 Å². The summed E-state index contributed by atoms with van der Waals surface area (Å²) in [6, 6.07) is 8.83. The first kappa shape index (κ1) is 16.5. The third-order valence-electron chi connectivity index (χ3n) is 5.25. The Bertz CT molecular complexity index is 463. The van der Waals surface area contributed by atoms with Crippen molar-refractivity contribution in [3.8, 4) is 0 Å². The van der Waals surface area contributed by atoms with Gasteiger partial charge in [-0.15, -0.1) is 0 Å². The van der Waals surface area contributed by atoms with Gasteiger partial charge in [0.15, 0.2) is 0 Å². The molecule has 0 radical (unpaired) electrons. The van der Waals surface area contributed by atoms with Crippen LogP contribution in [-0.4, -0.2) is 29.2 Å². The lowest BCUT2D eigenvalue weighted by molar-refractivity contribution is -0.0103. The van der Waals surface area contributed by atoms with Crippen molar-refractivity contribution in [2.75, 3.05) is 7.05 Å². The van der Waals surface area contributed by atoms with Gasteiger partial charge in [0, 0.05) is 12.6 Å². The lowest BCUT2D eigenvalue weighted by Gasteiger charge is -2.43. The highest BCUT2D eigenvalue weighted by atomic mass is 16.3. The maximum Gasteiger partial charge on any atom is 0.0695 e. The number of aliphatic hydroxyl groups is 1. The molecule has 2 rings (SSSR count). The van der Waals surface area contributed by atoms with E-state index in [0.717, 1.165) is 25.8 Å². The topological polar surface area (TPSA) is 23.5 Å². The van der Waals surface area contributed by atoms with E-state index in [0.29, 0.717) is 11.3 Å². The number of hydrogen-bond donors (Lipinski definition) is 1. The number of nitrogens with zero attached hydrogens (tertiary/aromatic N) is 1. The minimum absolute atomic E-state index is 0.183. The highest BCUT2D eigenvalue weighted by molar-refractivity contribution is 5.25. The molecule has 0 spiro atoms. The minimum Gasteiger partial charge on any atom is -0.391 e. The molecule has 0 aromatic heterocycles. The van der Waals surface area contributed by atoms with E-state index < -0.39 is 0 Å². The number of hydrogen-bond acceptors (Lipinski definition) is 2. The van der Waals surface area contributed by atoms with Crippen molar-refractivity contribution in [1.82, 2.24) is 4.90 Å². The van der Waals surface area contributed by atoms with Gasteiger partial charge in [-0.2, -0.15) is 0 Å². The molecule has 1 fully saturated rings. The second-order valence-corrected chi connectivity index (χ2v) is 7.85. The molecule has 3 atom stereocenters. The molecule has 1 aliphatic carbocycles. The average molecular weight is 289 g/mol. The van der Waals surface area contributed by atoms with E-state index in [-0.39, 0.29) is 12.1 Å². The summed E-state index contributed by atoms with van der Waals surface area (Å²) in [7, 11) is 2.16. The molecule has 118 valence electrons. The zero-order valence-corrected chi connectivity index (χ0v) is 14.3. The Kier molecular flexibility index (Phi) is 5.11. The zero-order chi connectivity index (χ0) is 15.6. The molecule has 1 N–H and O–H groups in total. The van der Waals surface area contributed by atoms with Crippen molar-refractivity contribution in [3.05, 3.63) is 35.4 Å². The molecular formula is C19H31NO. The molecule has 0 heterocycles. The normalized spacial score (nSPS) is 27.1. The van der Waals surface area contributed by atoms with Gasteiger partial charge in [-0.3, -0.25) is 4.90 Å². The van der Waals surface area contributed by atoms with Crippen LogP contribution < -0.4 is 0 Å². The second kappa shape index (κ2) is 6.50. The fourth-order valence-electron chi connectivity index (χ4n) is 3.56. The van der Waals surface area contributed by atoms with Crippen LogP contribution in [-0.2, 0) is 6.54 Å². The number of likely N-dealkylation sites (N-methyl/N-ethyl adjacent to an activating group) is 1. The summed E-state index contributed by atoms with van der Waals surface area (Å²) >= 11 is 0. The highest BCUT2D eigenvalue weighted by Crippen LogP contribution is 2.39. The predicted octanol–water partition coefficient (Wildman–Crippen LogP) is 4.00. The average Bonchev–Trinajstić information content (AvgIpc) is 2.40. The standard InChI is InChI=1S/C19H31NO/c1-14-8-6-7-9-15(14)13-20(5)17-12-16(19(2,3)4)10-11-18(17)21/h6-9,16-18,21H,10-13H2,1-5H3. The zero-order valence-electron chi connectivity index (χ0n) is 14.3. The molecule has 0 bridgehead atoms. The summed E-state index contributed by atoms with van der Waals surface area (Å²) < 4.78 is 0. The summed E-state index contributed by atoms with van der Waals surface area (Å²) in [4.78, 5) is 2.35. The van der Waals surface area contributed by atoms with E-state index in [1.807, 2.05) is 0 Å².